The summed E-state index contributed by atoms with van der Waals surface area (Å²) in [4.78, 5) is 24.6. The molecule has 0 spiro atoms. The van der Waals surface area contributed by atoms with Crippen LogP contribution >= 0.6 is 11.6 Å². The number of hydrogen-bond acceptors (Lipinski definition) is 5. The van der Waals surface area contributed by atoms with Gasteiger partial charge < -0.3 is 4.90 Å². The van der Waals surface area contributed by atoms with Crippen molar-refractivity contribution in [2.75, 3.05) is 11.5 Å². The predicted octanol–water partition coefficient (Wildman–Crippen LogP) is 2.04. The normalized spacial score (nSPS) is 22.7. The van der Waals surface area contributed by atoms with Gasteiger partial charge in [0.25, 0.3) is 11.6 Å². The molecule has 3 rings (SSSR count). The second-order valence-electron chi connectivity index (χ2n) is 5.92. The topological polar surface area (TPSA) is 97.6 Å². The Morgan fingerprint density at radius 1 is 1.26 bits per heavy atom. The lowest BCUT2D eigenvalue weighted by Crippen LogP contribution is -2.42. The van der Waals surface area contributed by atoms with Crippen molar-refractivity contribution < 1.29 is 18.1 Å². The zero-order valence-electron chi connectivity index (χ0n) is 12.1. The van der Waals surface area contributed by atoms with E-state index >= 15 is 0 Å². The van der Waals surface area contributed by atoms with E-state index in [-0.39, 0.29) is 45.8 Å². The second-order valence-corrected chi connectivity index (χ2v) is 8.56. The number of benzene rings is 1. The molecule has 1 saturated carbocycles. The van der Waals surface area contributed by atoms with Crippen molar-refractivity contribution >= 4 is 33.0 Å². The summed E-state index contributed by atoms with van der Waals surface area (Å²) in [5, 5.41) is 10.8. The Hall–Kier alpha value is -1.67. The SMILES string of the molecule is O=C(c1ccc([N+](=O)[O-])cc1Cl)N(C1CC1)C1CCS(=O)(=O)C1. The smallest absolute Gasteiger partial charge is 0.270 e. The first-order chi connectivity index (χ1) is 10.8. The Labute approximate surface area is 138 Å². The maximum Gasteiger partial charge on any atom is 0.270 e. The minimum absolute atomic E-state index is 0.00991. The highest BCUT2D eigenvalue weighted by Crippen LogP contribution is 2.35. The van der Waals surface area contributed by atoms with Gasteiger partial charge in [0.05, 0.1) is 27.0 Å². The van der Waals surface area contributed by atoms with Crippen molar-refractivity contribution in [1.29, 1.82) is 0 Å². The van der Waals surface area contributed by atoms with Gasteiger partial charge in [0, 0.05) is 24.2 Å². The van der Waals surface area contributed by atoms with Crippen LogP contribution in [0.25, 0.3) is 0 Å². The number of nitro benzene ring substituents is 1. The first kappa shape index (κ1) is 16.2. The summed E-state index contributed by atoms with van der Waals surface area (Å²) in [5.41, 5.74) is -0.0126. The highest BCUT2D eigenvalue weighted by molar-refractivity contribution is 7.91. The summed E-state index contributed by atoms with van der Waals surface area (Å²) in [6, 6.07) is 3.40. The van der Waals surface area contributed by atoms with E-state index in [1.54, 1.807) is 4.90 Å². The van der Waals surface area contributed by atoms with E-state index in [2.05, 4.69) is 0 Å². The molecule has 1 aromatic carbocycles. The molecule has 2 aliphatic rings. The highest BCUT2D eigenvalue weighted by atomic mass is 35.5. The van der Waals surface area contributed by atoms with E-state index in [1.807, 2.05) is 0 Å². The molecule has 1 unspecified atom stereocenters. The van der Waals surface area contributed by atoms with Crippen LogP contribution in [0.15, 0.2) is 18.2 Å². The lowest BCUT2D eigenvalue weighted by Gasteiger charge is -2.28. The zero-order chi connectivity index (χ0) is 16.8. The van der Waals surface area contributed by atoms with Crippen LogP contribution in [0.2, 0.25) is 5.02 Å². The van der Waals surface area contributed by atoms with Gasteiger partial charge in [-0.25, -0.2) is 8.42 Å². The number of amides is 1. The summed E-state index contributed by atoms with van der Waals surface area (Å²) in [6.07, 6.45) is 2.11. The Kier molecular flexibility index (Phi) is 4.05. The third kappa shape index (κ3) is 3.32. The molecular formula is C14H15ClN2O5S. The van der Waals surface area contributed by atoms with Crippen LogP contribution in [0.5, 0.6) is 0 Å². The summed E-state index contributed by atoms with van der Waals surface area (Å²) in [6.45, 7) is 0. The molecule has 23 heavy (non-hydrogen) atoms. The molecule has 0 radical (unpaired) electrons. The number of rotatable bonds is 4. The molecule has 1 saturated heterocycles. The van der Waals surface area contributed by atoms with Crippen LogP contribution in [0, 0.1) is 10.1 Å². The van der Waals surface area contributed by atoms with E-state index in [9.17, 15) is 23.3 Å². The summed E-state index contributed by atoms with van der Waals surface area (Å²) in [7, 11) is -3.11. The monoisotopic (exact) mass is 358 g/mol. The number of nitrogens with zero attached hydrogens (tertiary/aromatic N) is 2. The van der Waals surface area contributed by atoms with Crippen molar-refractivity contribution in [2.24, 2.45) is 0 Å². The summed E-state index contributed by atoms with van der Waals surface area (Å²) >= 11 is 6.03. The third-order valence-corrected chi connectivity index (χ3v) is 6.23. The van der Waals surface area contributed by atoms with Crippen molar-refractivity contribution in [2.45, 2.75) is 31.3 Å². The van der Waals surface area contributed by atoms with Crippen LogP contribution in [0.1, 0.15) is 29.6 Å². The Bertz CT molecular complexity index is 775. The summed E-state index contributed by atoms with van der Waals surface area (Å²) in [5.74, 6) is -0.295. The minimum Gasteiger partial charge on any atom is -0.332 e. The number of non-ortho nitro benzene ring substituents is 1. The molecule has 9 heteroatoms. The van der Waals surface area contributed by atoms with Gasteiger partial charge in [-0.3, -0.25) is 14.9 Å². The molecule has 1 atom stereocenters. The molecule has 1 aliphatic heterocycles. The molecule has 124 valence electrons. The second kappa shape index (κ2) is 5.76. The number of sulfone groups is 1. The quantitative estimate of drug-likeness (QED) is 0.606. The Morgan fingerprint density at radius 2 is 1.96 bits per heavy atom. The molecule has 0 bridgehead atoms. The van der Waals surface area contributed by atoms with Gasteiger partial charge in [0.1, 0.15) is 0 Å². The van der Waals surface area contributed by atoms with Gasteiger partial charge in [-0.1, -0.05) is 11.6 Å². The highest BCUT2D eigenvalue weighted by Gasteiger charge is 2.42. The van der Waals surface area contributed by atoms with E-state index in [0.717, 1.165) is 18.9 Å². The number of carbonyl (C=O) groups excluding carboxylic acids is 1. The van der Waals surface area contributed by atoms with Crippen molar-refractivity contribution in [3.8, 4) is 0 Å². The van der Waals surface area contributed by atoms with Crippen LogP contribution < -0.4 is 0 Å². The van der Waals surface area contributed by atoms with Crippen LogP contribution in [-0.4, -0.2) is 47.7 Å². The van der Waals surface area contributed by atoms with E-state index < -0.39 is 14.8 Å². The maximum atomic E-state index is 12.8. The van der Waals surface area contributed by atoms with Crippen LogP contribution in [-0.2, 0) is 9.84 Å². The van der Waals surface area contributed by atoms with Gasteiger partial charge >= 0.3 is 0 Å². The predicted molar refractivity (Wildman–Crippen MR) is 84.4 cm³/mol. The number of halogens is 1. The molecule has 7 nitrogen and oxygen atoms in total. The van der Waals surface area contributed by atoms with Gasteiger partial charge in [0.2, 0.25) is 0 Å². The maximum absolute atomic E-state index is 12.8. The first-order valence-electron chi connectivity index (χ1n) is 7.25. The minimum atomic E-state index is -3.11. The standard InChI is InChI=1S/C14H15ClN2O5S/c15-13-7-10(17(19)20)3-4-12(13)14(18)16(9-1-2-9)11-5-6-23(21,22)8-11/h3-4,7,9,11H,1-2,5-6,8H2. The first-order valence-corrected chi connectivity index (χ1v) is 9.45. The summed E-state index contributed by atoms with van der Waals surface area (Å²) < 4.78 is 23.4. The number of hydrogen-bond donors (Lipinski definition) is 0. The fraction of sp³-hybridized carbons (Fsp3) is 0.500. The van der Waals surface area contributed by atoms with E-state index in [4.69, 9.17) is 11.6 Å². The lowest BCUT2D eigenvalue weighted by atomic mass is 10.1. The average molecular weight is 359 g/mol. The fourth-order valence-electron chi connectivity index (χ4n) is 2.91. The molecular weight excluding hydrogens is 344 g/mol. The number of carbonyl (C=O) groups is 1. The zero-order valence-corrected chi connectivity index (χ0v) is 13.7. The number of nitro groups is 1. The fourth-order valence-corrected chi connectivity index (χ4v) is 4.87. The van der Waals surface area contributed by atoms with Gasteiger partial charge in [-0.2, -0.15) is 0 Å². The van der Waals surface area contributed by atoms with Crippen molar-refractivity contribution in [3.05, 3.63) is 38.9 Å². The molecule has 1 aliphatic carbocycles. The molecule has 2 fully saturated rings. The lowest BCUT2D eigenvalue weighted by molar-refractivity contribution is -0.384. The molecule has 0 N–H and O–H groups in total. The van der Waals surface area contributed by atoms with E-state index in [1.165, 1.54) is 12.1 Å². The Morgan fingerprint density at radius 3 is 2.43 bits per heavy atom. The van der Waals surface area contributed by atoms with Gasteiger partial charge in [-0.15, -0.1) is 0 Å². The van der Waals surface area contributed by atoms with Gasteiger partial charge in [0.15, 0.2) is 9.84 Å². The molecule has 1 heterocycles. The molecule has 1 aromatic rings. The average Bonchev–Trinajstić information content (AvgIpc) is 3.22. The third-order valence-electron chi connectivity index (χ3n) is 4.17. The van der Waals surface area contributed by atoms with Gasteiger partial charge in [-0.05, 0) is 25.3 Å². The van der Waals surface area contributed by atoms with Crippen LogP contribution in [0.4, 0.5) is 5.69 Å². The molecule has 0 aromatic heterocycles. The molecule has 1 amide bonds. The Balaban J connectivity index is 1.89. The van der Waals surface area contributed by atoms with E-state index in [0.29, 0.717) is 6.42 Å². The van der Waals surface area contributed by atoms with Crippen LogP contribution in [0.3, 0.4) is 0 Å². The largest absolute Gasteiger partial charge is 0.332 e. The van der Waals surface area contributed by atoms with Crippen molar-refractivity contribution in [3.63, 3.8) is 0 Å². The van der Waals surface area contributed by atoms with Crippen molar-refractivity contribution in [1.82, 2.24) is 4.90 Å².